The molecule has 1 amide bonds. The van der Waals surface area contributed by atoms with E-state index in [2.05, 4.69) is 29.0 Å². The zero-order chi connectivity index (χ0) is 15.6. The predicted molar refractivity (Wildman–Crippen MR) is 89.9 cm³/mol. The zero-order valence-electron chi connectivity index (χ0n) is 14.4. The van der Waals surface area contributed by atoms with Gasteiger partial charge in [0, 0.05) is 25.2 Å². The number of piperidine rings is 1. The summed E-state index contributed by atoms with van der Waals surface area (Å²) in [4.78, 5) is 17.9. The number of carbonyl (C=O) groups excluding carboxylic acids is 1. The molecule has 4 heteroatoms. The third-order valence-electron chi connectivity index (χ3n) is 5.84. The topological polar surface area (TPSA) is 35.6 Å². The van der Waals surface area contributed by atoms with E-state index in [9.17, 15) is 4.79 Å². The van der Waals surface area contributed by atoms with Crippen LogP contribution in [0.3, 0.4) is 0 Å². The summed E-state index contributed by atoms with van der Waals surface area (Å²) in [5.74, 6) is 0.388. The van der Waals surface area contributed by atoms with Crippen LogP contribution < -0.4 is 5.32 Å². The number of nitrogens with one attached hydrogen (secondary N) is 1. The van der Waals surface area contributed by atoms with Crippen LogP contribution >= 0.6 is 0 Å². The lowest BCUT2D eigenvalue weighted by atomic mass is 9.92. The first-order valence-electron chi connectivity index (χ1n) is 9.42. The second-order valence-electron chi connectivity index (χ2n) is 7.85. The lowest BCUT2D eigenvalue weighted by Crippen LogP contribution is -2.60. The van der Waals surface area contributed by atoms with Gasteiger partial charge >= 0.3 is 0 Å². The molecule has 1 saturated carbocycles. The van der Waals surface area contributed by atoms with Crippen molar-refractivity contribution in [2.75, 3.05) is 26.2 Å². The Morgan fingerprint density at radius 1 is 1.00 bits per heavy atom. The zero-order valence-corrected chi connectivity index (χ0v) is 14.4. The first kappa shape index (κ1) is 16.3. The molecule has 0 radical (unpaired) electrons. The van der Waals surface area contributed by atoms with E-state index in [1.54, 1.807) is 0 Å². The van der Waals surface area contributed by atoms with E-state index in [0.717, 1.165) is 32.0 Å². The minimum atomic E-state index is -0.255. The number of likely N-dealkylation sites (tertiary alicyclic amines) is 2. The first-order valence-corrected chi connectivity index (χ1v) is 9.42. The average molecular weight is 307 g/mol. The third-order valence-corrected chi connectivity index (χ3v) is 5.84. The summed E-state index contributed by atoms with van der Waals surface area (Å²) < 4.78 is 0. The molecule has 3 rings (SSSR count). The van der Waals surface area contributed by atoms with Crippen molar-refractivity contribution in [3.8, 4) is 0 Å². The van der Waals surface area contributed by atoms with Crippen molar-refractivity contribution in [1.29, 1.82) is 0 Å². The number of rotatable bonds is 4. The summed E-state index contributed by atoms with van der Waals surface area (Å²) in [5, 5.41) is 3.62. The standard InChI is InChI=1S/C18H33N3O/c1-15(2)19-18(9-3-4-10-18)17(22)21-13-7-16(8-14-21)20-11-5-6-12-20/h15-16,19H,3-14H2,1-2H3. The second-order valence-corrected chi connectivity index (χ2v) is 7.85. The molecule has 126 valence electrons. The van der Waals surface area contributed by atoms with E-state index < -0.39 is 0 Å². The number of nitrogens with zero attached hydrogens (tertiary/aromatic N) is 2. The van der Waals surface area contributed by atoms with Gasteiger partial charge in [-0.2, -0.15) is 0 Å². The van der Waals surface area contributed by atoms with Gasteiger partial charge < -0.3 is 15.1 Å². The van der Waals surface area contributed by atoms with Crippen LogP contribution in [0.15, 0.2) is 0 Å². The van der Waals surface area contributed by atoms with Crippen LogP contribution in [-0.4, -0.2) is 59.5 Å². The minimum absolute atomic E-state index is 0.255. The Morgan fingerprint density at radius 2 is 1.59 bits per heavy atom. The highest BCUT2D eigenvalue weighted by molar-refractivity contribution is 5.87. The molecule has 0 atom stereocenters. The van der Waals surface area contributed by atoms with Crippen molar-refractivity contribution >= 4 is 5.91 Å². The molecule has 2 saturated heterocycles. The predicted octanol–water partition coefficient (Wildman–Crippen LogP) is 2.38. The summed E-state index contributed by atoms with van der Waals surface area (Å²) in [6, 6.07) is 1.10. The Kier molecular flexibility index (Phi) is 5.08. The Balaban J connectivity index is 1.58. The van der Waals surface area contributed by atoms with Gasteiger partial charge in [-0.15, -0.1) is 0 Å². The largest absolute Gasteiger partial charge is 0.341 e. The van der Waals surface area contributed by atoms with E-state index >= 15 is 0 Å². The molecule has 4 nitrogen and oxygen atoms in total. The summed E-state index contributed by atoms with van der Waals surface area (Å²) in [6.07, 6.45) is 9.49. The van der Waals surface area contributed by atoms with Gasteiger partial charge in [0.2, 0.25) is 5.91 Å². The summed E-state index contributed by atoms with van der Waals surface area (Å²) in [7, 11) is 0. The fourth-order valence-corrected chi connectivity index (χ4v) is 4.79. The van der Waals surface area contributed by atoms with Crippen molar-refractivity contribution in [3.63, 3.8) is 0 Å². The number of carbonyl (C=O) groups is 1. The fourth-order valence-electron chi connectivity index (χ4n) is 4.79. The molecule has 0 aromatic carbocycles. The van der Waals surface area contributed by atoms with Gasteiger partial charge in [0.05, 0.1) is 5.54 Å². The van der Waals surface area contributed by atoms with Crippen LogP contribution in [0, 0.1) is 0 Å². The summed E-state index contributed by atoms with van der Waals surface area (Å²) >= 11 is 0. The molecule has 0 aromatic rings. The monoisotopic (exact) mass is 307 g/mol. The van der Waals surface area contributed by atoms with Gasteiger partial charge in [0.1, 0.15) is 0 Å². The van der Waals surface area contributed by atoms with Crippen molar-refractivity contribution in [1.82, 2.24) is 15.1 Å². The summed E-state index contributed by atoms with van der Waals surface area (Å²) in [6.45, 7) is 8.79. The lowest BCUT2D eigenvalue weighted by Gasteiger charge is -2.41. The van der Waals surface area contributed by atoms with Gasteiger partial charge in [0.25, 0.3) is 0 Å². The minimum Gasteiger partial charge on any atom is -0.341 e. The van der Waals surface area contributed by atoms with E-state index in [4.69, 9.17) is 0 Å². The number of hydrogen-bond donors (Lipinski definition) is 1. The molecule has 3 fully saturated rings. The quantitative estimate of drug-likeness (QED) is 0.866. The van der Waals surface area contributed by atoms with Gasteiger partial charge in [0.15, 0.2) is 0 Å². The molecule has 0 bridgehead atoms. The van der Waals surface area contributed by atoms with Crippen LogP contribution in [0.1, 0.15) is 65.2 Å². The Bertz CT molecular complexity index is 376. The SMILES string of the molecule is CC(C)NC1(C(=O)N2CCC(N3CCCC3)CC2)CCCC1. The highest BCUT2D eigenvalue weighted by Crippen LogP contribution is 2.33. The molecule has 0 spiro atoms. The van der Waals surface area contributed by atoms with E-state index in [0.29, 0.717) is 11.9 Å². The maximum atomic E-state index is 13.1. The molecule has 0 aromatic heterocycles. The summed E-state index contributed by atoms with van der Waals surface area (Å²) in [5.41, 5.74) is -0.255. The number of amides is 1. The molecule has 2 aliphatic heterocycles. The van der Waals surface area contributed by atoms with Crippen LogP contribution in [0.2, 0.25) is 0 Å². The maximum Gasteiger partial charge on any atom is 0.242 e. The second kappa shape index (κ2) is 6.88. The lowest BCUT2D eigenvalue weighted by molar-refractivity contribution is -0.140. The number of hydrogen-bond acceptors (Lipinski definition) is 3. The highest BCUT2D eigenvalue weighted by Gasteiger charge is 2.44. The molecule has 0 unspecified atom stereocenters. The van der Waals surface area contributed by atoms with Crippen molar-refractivity contribution in [2.45, 2.75) is 82.8 Å². The highest BCUT2D eigenvalue weighted by atomic mass is 16.2. The van der Waals surface area contributed by atoms with E-state index in [1.807, 2.05) is 0 Å². The fraction of sp³-hybridized carbons (Fsp3) is 0.944. The van der Waals surface area contributed by atoms with Crippen LogP contribution in [-0.2, 0) is 4.79 Å². The van der Waals surface area contributed by atoms with Crippen LogP contribution in [0.25, 0.3) is 0 Å². The molecular weight excluding hydrogens is 274 g/mol. The van der Waals surface area contributed by atoms with Crippen molar-refractivity contribution in [2.24, 2.45) is 0 Å². The molecule has 2 heterocycles. The average Bonchev–Trinajstić information content (AvgIpc) is 3.18. The van der Waals surface area contributed by atoms with Gasteiger partial charge in [-0.25, -0.2) is 0 Å². The molecule has 22 heavy (non-hydrogen) atoms. The van der Waals surface area contributed by atoms with Gasteiger partial charge in [-0.05, 0) is 65.5 Å². The van der Waals surface area contributed by atoms with Crippen molar-refractivity contribution < 1.29 is 4.79 Å². The molecule has 1 N–H and O–H groups in total. The first-order chi connectivity index (χ1) is 10.6. The van der Waals surface area contributed by atoms with Crippen LogP contribution in [0.4, 0.5) is 0 Å². The maximum absolute atomic E-state index is 13.1. The van der Waals surface area contributed by atoms with E-state index in [-0.39, 0.29) is 5.54 Å². The van der Waals surface area contributed by atoms with Crippen molar-refractivity contribution in [3.05, 3.63) is 0 Å². The Hall–Kier alpha value is -0.610. The molecule has 3 aliphatic rings. The molecular formula is C18H33N3O. The smallest absolute Gasteiger partial charge is 0.242 e. The van der Waals surface area contributed by atoms with Crippen LogP contribution in [0.5, 0.6) is 0 Å². The van der Waals surface area contributed by atoms with E-state index in [1.165, 1.54) is 51.6 Å². The normalized spacial score (nSPS) is 27.0. The Morgan fingerprint density at radius 3 is 2.14 bits per heavy atom. The molecule has 1 aliphatic carbocycles. The van der Waals surface area contributed by atoms with Gasteiger partial charge in [-0.3, -0.25) is 4.79 Å². The van der Waals surface area contributed by atoms with Gasteiger partial charge in [-0.1, -0.05) is 12.8 Å². The Labute approximate surface area is 135 Å². The third kappa shape index (κ3) is 3.33.